The Bertz CT molecular complexity index is 73.6. The predicted molar refractivity (Wildman–Crippen MR) is 26.7 cm³/mol. The first kappa shape index (κ1) is 5.34. The first-order valence-corrected chi connectivity index (χ1v) is 1.83. The molecule has 6 heavy (non-hydrogen) atoms. The molecule has 2 heteroatoms. The molecule has 0 saturated carbocycles. The monoisotopic (exact) mass is 85.1 g/mol. The standard InChI is InChI=1S/C4H9N2/c1-3-6(2)4-5/h3-5H,1-2H3/q+1. The van der Waals surface area contributed by atoms with Gasteiger partial charge in [0.1, 0.15) is 0 Å². The van der Waals surface area contributed by atoms with Gasteiger partial charge in [0.15, 0.2) is 0 Å². The first-order valence-electron chi connectivity index (χ1n) is 1.83. The molecule has 0 radical (unpaired) electrons. The van der Waals surface area contributed by atoms with Crippen LogP contribution in [0.2, 0.25) is 0 Å². The number of rotatable bonds is 1. The summed E-state index contributed by atoms with van der Waals surface area (Å²) >= 11 is 0. The highest BCUT2D eigenvalue weighted by atomic mass is 15.0. The predicted octanol–water partition coefficient (Wildman–Crippen LogP) is 0.326. The van der Waals surface area contributed by atoms with Crippen LogP contribution in [0.1, 0.15) is 6.92 Å². The lowest BCUT2D eigenvalue weighted by Gasteiger charge is -1.76. The second kappa shape index (κ2) is 2.57. The number of hydrogen-bond donors (Lipinski definition) is 1. The summed E-state index contributed by atoms with van der Waals surface area (Å²) in [7, 11) is 1.81. The van der Waals surface area contributed by atoms with Crippen LogP contribution in [-0.4, -0.2) is 24.2 Å². The summed E-state index contributed by atoms with van der Waals surface area (Å²) in [6.45, 7) is 1.88. The third-order valence-electron chi connectivity index (χ3n) is 0.611. The van der Waals surface area contributed by atoms with Crippen LogP contribution >= 0.6 is 0 Å². The molecule has 2 nitrogen and oxygen atoms in total. The van der Waals surface area contributed by atoms with Gasteiger partial charge in [-0.15, -0.1) is 5.41 Å². The summed E-state index contributed by atoms with van der Waals surface area (Å²) in [4.78, 5) is 0. The van der Waals surface area contributed by atoms with E-state index in [1.165, 1.54) is 6.34 Å². The van der Waals surface area contributed by atoms with E-state index in [1.54, 1.807) is 4.58 Å². The highest BCUT2D eigenvalue weighted by Gasteiger charge is 1.71. The van der Waals surface area contributed by atoms with Gasteiger partial charge in [0.25, 0.3) is 6.34 Å². The van der Waals surface area contributed by atoms with Crippen LogP contribution in [0, 0.1) is 5.41 Å². The van der Waals surface area contributed by atoms with Crippen LogP contribution in [0.4, 0.5) is 0 Å². The number of nitrogens with zero attached hydrogens (tertiary/aromatic N) is 1. The molecule has 0 unspecified atom stereocenters. The van der Waals surface area contributed by atoms with Crippen LogP contribution < -0.4 is 0 Å². The van der Waals surface area contributed by atoms with Crippen molar-refractivity contribution in [3.05, 3.63) is 0 Å². The van der Waals surface area contributed by atoms with Crippen molar-refractivity contribution in [1.82, 2.24) is 0 Å². The van der Waals surface area contributed by atoms with E-state index in [0.29, 0.717) is 0 Å². The Morgan fingerprint density at radius 1 is 1.67 bits per heavy atom. The number of nitrogens with one attached hydrogen (secondary N) is 1. The maximum atomic E-state index is 6.58. The molecule has 0 aromatic rings. The lowest BCUT2D eigenvalue weighted by Crippen LogP contribution is -1.99. The molecule has 0 aliphatic rings. The molecule has 0 saturated heterocycles. The molecule has 0 fully saturated rings. The van der Waals surface area contributed by atoms with Crippen LogP contribution in [0.5, 0.6) is 0 Å². The topological polar surface area (TPSA) is 26.9 Å². The largest absolute Gasteiger partial charge is 0.276 e. The van der Waals surface area contributed by atoms with E-state index < -0.39 is 0 Å². The third-order valence-corrected chi connectivity index (χ3v) is 0.611. The van der Waals surface area contributed by atoms with Crippen molar-refractivity contribution in [1.29, 1.82) is 5.41 Å². The van der Waals surface area contributed by atoms with E-state index >= 15 is 0 Å². The van der Waals surface area contributed by atoms with Gasteiger partial charge in [-0.1, -0.05) is 0 Å². The molecule has 1 N–H and O–H groups in total. The van der Waals surface area contributed by atoms with E-state index in [9.17, 15) is 0 Å². The van der Waals surface area contributed by atoms with Gasteiger partial charge in [0, 0.05) is 0 Å². The zero-order valence-corrected chi connectivity index (χ0v) is 4.10. The Hall–Kier alpha value is -0.660. The maximum absolute atomic E-state index is 6.58. The Balaban J connectivity index is 3.50. The molecular formula is C4H9N2+. The van der Waals surface area contributed by atoms with Crippen molar-refractivity contribution in [3.63, 3.8) is 0 Å². The molecular weight excluding hydrogens is 76.1 g/mol. The van der Waals surface area contributed by atoms with Crippen molar-refractivity contribution in [2.75, 3.05) is 7.05 Å². The molecule has 34 valence electrons. The minimum Gasteiger partial charge on any atom is -0.245 e. The summed E-state index contributed by atoms with van der Waals surface area (Å²) < 4.78 is 1.67. The quantitative estimate of drug-likeness (QED) is 0.270. The minimum absolute atomic E-state index is 1.25. The number of hydrogen-bond acceptors (Lipinski definition) is 1. The normalized spacial score (nSPS) is 11.3. The van der Waals surface area contributed by atoms with Crippen LogP contribution in [0.3, 0.4) is 0 Å². The summed E-state index contributed by atoms with van der Waals surface area (Å²) in [5, 5.41) is 6.58. The van der Waals surface area contributed by atoms with Gasteiger partial charge >= 0.3 is 0 Å². The Morgan fingerprint density at radius 2 is 2.17 bits per heavy atom. The molecule has 0 heterocycles. The van der Waals surface area contributed by atoms with Crippen LogP contribution in [0.15, 0.2) is 0 Å². The third kappa shape index (κ3) is 1.64. The molecule has 0 aliphatic heterocycles. The highest BCUT2D eigenvalue weighted by molar-refractivity contribution is 5.54. The van der Waals surface area contributed by atoms with E-state index in [1.807, 2.05) is 20.2 Å². The van der Waals surface area contributed by atoms with Gasteiger partial charge < -0.3 is 0 Å². The molecule has 0 atom stereocenters. The summed E-state index contributed by atoms with van der Waals surface area (Å²) in [6.07, 6.45) is 3.06. The molecule has 0 aromatic heterocycles. The zero-order chi connectivity index (χ0) is 4.99. The van der Waals surface area contributed by atoms with Gasteiger partial charge in [-0.05, 0) is 6.92 Å². The van der Waals surface area contributed by atoms with Crippen molar-refractivity contribution in [3.8, 4) is 0 Å². The lowest BCUT2D eigenvalue weighted by atomic mass is 10.8. The minimum atomic E-state index is 1.25. The lowest BCUT2D eigenvalue weighted by molar-refractivity contribution is -0.356. The van der Waals surface area contributed by atoms with Gasteiger partial charge in [0.05, 0.1) is 13.3 Å². The Kier molecular flexibility index (Phi) is 2.29. The second-order valence-electron chi connectivity index (χ2n) is 1.05. The fraction of sp³-hybridized carbons (Fsp3) is 0.500. The van der Waals surface area contributed by atoms with Crippen LogP contribution in [0.25, 0.3) is 0 Å². The molecule has 0 aliphatic carbocycles. The Morgan fingerprint density at radius 3 is 2.17 bits per heavy atom. The van der Waals surface area contributed by atoms with Gasteiger partial charge in [-0.2, -0.15) is 0 Å². The second-order valence-corrected chi connectivity index (χ2v) is 1.05. The van der Waals surface area contributed by atoms with E-state index in [4.69, 9.17) is 5.41 Å². The SMILES string of the molecule is CC=[N+](C)C=N. The van der Waals surface area contributed by atoms with E-state index in [-0.39, 0.29) is 0 Å². The van der Waals surface area contributed by atoms with Crippen LogP contribution in [-0.2, 0) is 0 Å². The molecule has 0 amide bonds. The smallest absolute Gasteiger partial charge is 0.245 e. The van der Waals surface area contributed by atoms with Gasteiger partial charge in [-0.3, -0.25) is 0 Å². The fourth-order valence-corrected chi connectivity index (χ4v) is 0.0745. The van der Waals surface area contributed by atoms with Crippen molar-refractivity contribution in [2.24, 2.45) is 0 Å². The van der Waals surface area contributed by atoms with Crippen molar-refractivity contribution < 1.29 is 4.58 Å². The molecule has 0 aromatic carbocycles. The van der Waals surface area contributed by atoms with Gasteiger partial charge in [-0.25, -0.2) is 4.58 Å². The van der Waals surface area contributed by atoms with Crippen molar-refractivity contribution in [2.45, 2.75) is 6.92 Å². The zero-order valence-electron chi connectivity index (χ0n) is 4.10. The van der Waals surface area contributed by atoms with Gasteiger partial charge in [0.2, 0.25) is 0 Å². The summed E-state index contributed by atoms with van der Waals surface area (Å²) in [5.41, 5.74) is 0. The van der Waals surface area contributed by atoms with Crippen molar-refractivity contribution >= 4 is 12.6 Å². The summed E-state index contributed by atoms with van der Waals surface area (Å²) in [5.74, 6) is 0. The van der Waals surface area contributed by atoms with E-state index in [0.717, 1.165) is 0 Å². The average Bonchev–Trinajstić information content (AvgIpc) is 1.65. The molecule has 0 spiro atoms. The van der Waals surface area contributed by atoms with E-state index in [2.05, 4.69) is 0 Å². The Labute approximate surface area is 37.6 Å². The summed E-state index contributed by atoms with van der Waals surface area (Å²) in [6, 6.07) is 0. The highest BCUT2D eigenvalue weighted by Crippen LogP contribution is 1.48. The maximum Gasteiger partial charge on any atom is 0.276 e. The molecule has 0 bridgehead atoms. The molecule has 0 rings (SSSR count). The average molecular weight is 85.1 g/mol. The fourth-order valence-electron chi connectivity index (χ4n) is 0.0745. The first-order chi connectivity index (χ1) is 2.81.